The molecule has 0 fully saturated rings. The van der Waals surface area contributed by atoms with Crippen molar-refractivity contribution >= 4 is 58.2 Å². The van der Waals surface area contributed by atoms with Crippen LogP contribution in [0.4, 0.5) is 0 Å². The van der Waals surface area contributed by atoms with Crippen LogP contribution in [0.25, 0.3) is 0 Å². The van der Waals surface area contributed by atoms with Crippen LogP contribution in [-0.2, 0) is 14.3 Å². The number of hydrogen-bond donors (Lipinski definition) is 0. The van der Waals surface area contributed by atoms with Crippen LogP contribution in [0.2, 0.25) is 0 Å². The standard InChI is InChI=1S/C13H20Cl4O3/c1-7(2)20-11(19)10(8(3)18)12(4,5)9(14)6-13(15,16)17/h7,9-10H,6H2,1-5H3. The van der Waals surface area contributed by atoms with E-state index in [1.165, 1.54) is 6.92 Å². The van der Waals surface area contributed by atoms with E-state index in [2.05, 4.69) is 0 Å². The lowest BCUT2D eigenvalue weighted by Gasteiger charge is -2.36. The van der Waals surface area contributed by atoms with E-state index in [4.69, 9.17) is 51.1 Å². The second-order valence-corrected chi connectivity index (χ2v) is 8.68. The van der Waals surface area contributed by atoms with E-state index in [1.807, 2.05) is 0 Å². The maximum absolute atomic E-state index is 12.1. The normalized spacial score (nSPS) is 15.9. The van der Waals surface area contributed by atoms with Gasteiger partial charge in [0, 0.05) is 17.2 Å². The number of alkyl halides is 4. The van der Waals surface area contributed by atoms with E-state index < -0.39 is 26.5 Å². The van der Waals surface area contributed by atoms with Crippen LogP contribution >= 0.6 is 46.4 Å². The molecule has 118 valence electrons. The van der Waals surface area contributed by atoms with E-state index in [9.17, 15) is 9.59 Å². The quantitative estimate of drug-likeness (QED) is 0.394. The van der Waals surface area contributed by atoms with Crippen LogP contribution in [0, 0.1) is 11.3 Å². The SMILES string of the molecule is CC(=O)C(C(=O)OC(C)C)C(C)(C)C(Cl)CC(Cl)(Cl)Cl. The molecule has 3 nitrogen and oxygen atoms in total. The Hall–Kier alpha value is 0.300. The van der Waals surface area contributed by atoms with Crippen molar-refractivity contribution in [1.29, 1.82) is 0 Å². The van der Waals surface area contributed by atoms with Gasteiger partial charge in [0.25, 0.3) is 0 Å². The van der Waals surface area contributed by atoms with Gasteiger partial charge in [0.1, 0.15) is 11.7 Å². The van der Waals surface area contributed by atoms with Gasteiger partial charge in [-0.1, -0.05) is 48.7 Å². The summed E-state index contributed by atoms with van der Waals surface area (Å²) in [6, 6.07) is 0. The fraction of sp³-hybridized carbons (Fsp3) is 0.846. The summed E-state index contributed by atoms with van der Waals surface area (Å²) < 4.78 is 3.57. The number of esters is 1. The number of carbonyl (C=O) groups excluding carboxylic acids is 2. The molecule has 0 heterocycles. The summed E-state index contributed by atoms with van der Waals surface area (Å²) in [5.41, 5.74) is -0.900. The maximum atomic E-state index is 12.1. The van der Waals surface area contributed by atoms with Crippen molar-refractivity contribution in [2.45, 2.75) is 56.3 Å². The molecule has 0 saturated heterocycles. The summed E-state index contributed by atoms with van der Waals surface area (Å²) >= 11 is 23.4. The average molecular weight is 366 g/mol. The summed E-state index contributed by atoms with van der Waals surface area (Å²) in [6.07, 6.45) is -0.299. The zero-order chi connectivity index (χ0) is 16.3. The van der Waals surface area contributed by atoms with Crippen molar-refractivity contribution in [3.05, 3.63) is 0 Å². The largest absolute Gasteiger partial charge is 0.462 e. The monoisotopic (exact) mass is 364 g/mol. The average Bonchev–Trinajstić information content (AvgIpc) is 2.11. The molecular weight excluding hydrogens is 346 g/mol. The highest BCUT2D eigenvalue weighted by Gasteiger charge is 2.46. The molecule has 2 unspecified atom stereocenters. The van der Waals surface area contributed by atoms with E-state index in [1.54, 1.807) is 27.7 Å². The third-order valence-electron chi connectivity index (χ3n) is 2.96. The Bertz CT molecular complexity index is 361. The van der Waals surface area contributed by atoms with Crippen molar-refractivity contribution < 1.29 is 14.3 Å². The molecule has 2 atom stereocenters. The highest BCUT2D eigenvalue weighted by molar-refractivity contribution is 6.67. The molecular formula is C13H20Cl4O3. The van der Waals surface area contributed by atoms with Crippen molar-refractivity contribution in [3.63, 3.8) is 0 Å². The predicted octanol–water partition coefficient (Wildman–Crippen LogP) is 4.54. The first kappa shape index (κ1) is 20.3. The molecule has 0 aromatic rings. The van der Waals surface area contributed by atoms with E-state index in [-0.39, 0.29) is 18.3 Å². The van der Waals surface area contributed by atoms with Gasteiger partial charge in [-0.2, -0.15) is 0 Å². The molecule has 0 saturated carbocycles. The molecule has 7 heteroatoms. The maximum Gasteiger partial charge on any atom is 0.317 e. The molecule has 0 spiro atoms. The Kier molecular flexibility index (Phi) is 7.64. The van der Waals surface area contributed by atoms with Gasteiger partial charge in [-0.25, -0.2) is 0 Å². The number of rotatable bonds is 6. The van der Waals surface area contributed by atoms with Gasteiger partial charge in [-0.3, -0.25) is 9.59 Å². The van der Waals surface area contributed by atoms with E-state index in [0.29, 0.717) is 0 Å². The van der Waals surface area contributed by atoms with Crippen molar-refractivity contribution in [1.82, 2.24) is 0 Å². The third kappa shape index (κ3) is 6.38. The molecule has 0 rings (SSSR count). The summed E-state index contributed by atoms with van der Waals surface area (Å²) in [4.78, 5) is 23.9. The summed E-state index contributed by atoms with van der Waals surface area (Å²) in [6.45, 7) is 8.12. The second-order valence-electron chi connectivity index (χ2n) is 5.64. The number of ketones is 1. The van der Waals surface area contributed by atoms with Crippen molar-refractivity contribution in [2.24, 2.45) is 11.3 Å². The van der Waals surface area contributed by atoms with Crippen LogP contribution in [-0.4, -0.2) is 27.0 Å². The van der Waals surface area contributed by atoms with Gasteiger partial charge in [0.15, 0.2) is 3.79 Å². The summed E-state index contributed by atoms with van der Waals surface area (Å²) in [5, 5.41) is -0.677. The van der Waals surface area contributed by atoms with Gasteiger partial charge in [-0.15, -0.1) is 11.6 Å². The van der Waals surface area contributed by atoms with Crippen LogP contribution in [0.1, 0.15) is 41.0 Å². The molecule has 0 aromatic heterocycles. The van der Waals surface area contributed by atoms with Gasteiger partial charge in [0.05, 0.1) is 6.10 Å². The predicted molar refractivity (Wildman–Crippen MR) is 83.7 cm³/mol. The number of hydrogen-bond acceptors (Lipinski definition) is 3. The number of ether oxygens (including phenoxy) is 1. The minimum absolute atomic E-state index is 0.0188. The molecule has 0 aromatic carbocycles. The Morgan fingerprint density at radius 1 is 1.15 bits per heavy atom. The topological polar surface area (TPSA) is 43.4 Å². The smallest absolute Gasteiger partial charge is 0.317 e. The lowest BCUT2D eigenvalue weighted by molar-refractivity contribution is -0.159. The molecule has 0 amide bonds. The van der Waals surface area contributed by atoms with Gasteiger partial charge in [-0.05, 0) is 20.8 Å². The lowest BCUT2D eigenvalue weighted by atomic mass is 9.73. The van der Waals surface area contributed by atoms with E-state index in [0.717, 1.165) is 0 Å². The van der Waals surface area contributed by atoms with Crippen LogP contribution in [0.3, 0.4) is 0 Å². The van der Waals surface area contributed by atoms with Crippen LogP contribution < -0.4 is 0 Å². The van der Waals surface area contributed by atoms with Gasteiger partial charge < -0.3 is 4.74 Å². The highest BCUT2D eigenvalue weighted by Crippen LogP contribution is 2.43. The zero-order valence-corrected chi connectivity index (χ0v) is 15.2. The number of Topliss-reactive ketones (excluding diaryl/α,β-unsaturated/α-hetero) is 1. The van der Waals surface area contributed by atoms with Crippen molar-refractivity contribution in [3.8, 4) is 0 Å². The Labute approximate surface area is 140 Å². The molecule has 0 radical (unpaired) electrons. The number of halogens is 4. The molecule has 0 aliphatic carbocycles. The Morgan fingerprint density at radius 2 is 1.60 bits per heavy atom. The van der Waals surface area contributed by atoms with Gasteiger partial charge in [0.2, 0.25) is 0 Å². The first-order valence-electron chi connectivity index (χ1n) is 6.20. The zero-order valence-electron chi connectivity index (χ0n) is 12.2. The minimum atomic E-state index is -1.55. The summed E-state index contributed by atoms with van der Waals surface area (Å²) in [5.74, 6) is -1.93. The lowest BCUT2D eigenvalue weighted by Crippen LogP contribution is -2.44. The molecule has 0 aliphatic rings. The third-order valence-corrected chi connectivity index (χ3v) is 4.14. The first-order valence-corrected chi connectivity index (χ1v) is 7.77. The minimum Gasteiger partial charge on any atom is -0.462 e. The fourth-order valence-corrected chi connectivity index (χ4v) is 3.00. The molecule has 0 bridgehead atoms. The van der Waals surface area contributed by atoms with Crippen LogP contribution in [0.5, 0.6) is 0 Å². The molecule has 0 aliphatic heterocycles. The van der Waals surface area contributed by atoms with Crippen LogP contribution in [0.15, 0.2) is 0 Å². The fourth-order valence-electron chi connectivity index (χ4n) is 1.94. The highest BCUT2D eigenvalue weighted by atomic mass is 35.6. The van der Waals surface area contributed by atoms with Crippen molar-refractivity contribution in [2.75, 3.05) is 0 Å². The second kappa shape index (κ2) is 7.53. The van der Waals surface area contributed by atoms with E-state index >= 15 is 0 Å². The molecule has 0 N–H and O–H groups in total. The first-order chi connectivity index (χ1) is 8.79. The van der Waals surface area contributed by atoms with Gasteiger partial charge >= 0.3 is 5.97 Å². The number of carbonyl (C=O) groups is 2. The summed E-state index contributed by atoms with van der Waals surface area (Å²) in [7, 11) is 0. The Balaban J connectivity index is 5.25. The Morgan fingerprint density at radius 3 is 1.90 bits per heavy atom. The molecule has 20 heavy (non-hydrogen) atoms.